The maximum absolute atomic E-state index is 12.2. The van der Waals surface area contributed by atoms with Crippen LogP contribution >= 0.6 is 11.6 Å². The molecule has 0 amide bonds. The first-order valence-corrected chi connectivity index (χ1v) is 7.72. The summed E-state index contributed by atoms with van der Waals surface area (Å²) in [7, 11) is 0.645. The topological polar surface area (TPSA) is 73.9 Å². The van der Waals surface area contributed by atoms with E-state index >= 15 is 0 Å². The summed E-state index contributed by atoms with van der Waals surface area (Å²) < 4.78 is 41.9. The molecule has 0 heterocycles. The molecule has 0 aromatic heterocycles. The Bertz CT molecular complexity index is 547. The Morgan fingerprint density at radius 1 is 1.15 bits per heavy atom. The number of nitrogens with one attached hydrogen (secondary N) is 1. The fourth-order valence-electron chi connectivity index (χ4n) is 1.54. The zero-order valence-corrected chi connectivity index (χ0v) is 13.2. The van der Waals surface area contributed by atoms with Crippen molar-refractivity contribution in [2.75, 3.05) is 34.5 Å². The molecule has 6 nitrogen and oxygen atoms in total. The second kappa shape index (κ2) is 7.68. The zero-order chi connectivity index (χ0) is 15.2. The van der Waals surface area contributed by atoms with Crippen LogP contribution in [0.15, 0.2) is 17.0 Å². The molecular formula is C12H18ClNO5S. The van der Waals surface area contributed by atoms with E-state index in [9.17, 15) is 8.42 Å². The molecule has 1 aromatic rings. The number of benzene rings is 1. The molecule has 0 saturated carbocycles. The van der Waals surface area contributed by atoms with Crippen LogP contribution in [0, 0.1) is 0 Å². The van der Waals surface area contributed by atoms with Crippen molar-refractivity contribution in [1.82, 2.24) is 4.72 Å². The molecule has 0 fully saturated rings. The largest absolute Gasteiger partial charge is 0.495 e. The van der Waals surface area contributed by atoms with Crippen LogP contribution in [0.1, 0.15) is 6.42 Å². The van der Waals surface area contributed by atoms with Gasteiger partial charge in [0.25, 0.3) is 0 Å². The molecule has 8 heteroatoms. The minimum atomic E-state index is -3.70. The molecule has 0 aliphatic heterocycles. The van der Waals surface area contributed by atoms with Crippen LogP contribution in [-0.4, -0.2) is 42.9 Å². The van der Waals surface area contributed by atoms with E-state index in [-0.39, 0.29) is 28.0 Å². The molecule has 0 radical (unpaired) electrons. The van der Waals surface area contributed by atoms with Gasteiger partial charge in [-0.2, -0.15) is 0 Å². The average Bonchev–Trinajstić information content (AvgIpc) is 2.43. The normalized spacial score (nSPS) is 11.4. The van der Waals surface area contributed by atoms with E-state index in [1.54, 1.807) is 7.11 Å². The molecule has 0 bridgehead atoms. The molecule has 0 atom stereocenters. The van der Waals surface area contributed by atoms with Crippen LogP contribution in [0.25, 0.3) is 0 Å². The Balaban J connectivity index is 3.03. The van der Waals surface area contributed by atoms with Gasteiger partial charge in [-0.15, -0.1) is 0 Å². The summed E-state index contributed by atoms with van der Waals surface area (Å²) in [5, 5.41) is 0.280. The third kappa shape index (κ3) is 4.24. The minimum absolute atomic E-state index is 0.0151. The highest BCUT2D eigenvalue weighted by Crippen LogP contribution is 2.34. The van der Waals surface area contributed by atoms with Crippen molar-refractivity contribution in [3.05, 3.63) is 17.2 Å². The Morgan fingerprint density at radius 2 is 1.80 bits per heavy atom. The van der Waals surface area contributed by atoms with Gasteiger partial charge in [-0.1, -0.05) is 11.6 Å². The predicted octanol–water partition coefficient (Wildman–Crippen LogP) is 1.67. The van der Waals surface area contributed by atoms with Crippen molar-refractivity contribution < 1.29 is 22.6 Å². The lowest BCUT2D eigenvalue weighted by Crippen LogP contribution is -2.26. The first-order valence-electron chi connectivity index (χ1n) is 5.86. The maximum atomic E-state index is 12.2. The highest BCUT2D eigenvalue weighted by atomic mass is 35.5. The molecule has 0 saturated heterocycles. The van der Waals surface area contributed by atoms with E-state index in [2.05, 4.69) is 4.72 Å². The molecule has 1 rings (SSSR count). The number of rotatable bonds is 8. The molecule has 0 aliphatic carbocycles. The van der Waals surface area contributed by atoms with Gasteiger partial charge in [0, 0.05) is 32.4 Å². The minimum Gasteiger partial charge on any atom is -0.495 e. The summed E-state index contributed by atoms with van der Waals surface area (Å²) in [6, 6.07) is 2.74. The lowest BCUT2D eigenvalue weighted by molar-refractivity contribution is 0.196. The van der Waals surface area contributed by atoms with Crippen LogP contribution in [0.2, 0.25) is 5.02 Å². The van der Waals surface area contributed by atoms with Gasteiger partial charge in [0.1, 0.15) is 16.4 Å². The molecule has 0 spiro atoms. The highest BCUT2D eigenvalue weighted by Gasteiger charge is 2.21. The third-order valence-electron chi connectivity index (χ3n) is 2.54. The van der Waals surface area contributed by atoms with Crippen molar-refractivity contribution in [3.63, 3.8) is 0 Å². The van der Waals surface area contributed by atoms with Gasteiger partial charge in [-0.25, -0.2) is 13.1 Å². The number of methoxy groups -OCH3 is 3. The molecule has 20 heavy (non-hydrogen) atoms. The summed E-state index contributed by atoms with van der Waals surface area (Å²) in [4.78, 5) is -0.0151. The second-order valence-corrected chi connectivity index (χ2v) is 6.02. The van der Waals surface area contributed by atoms with Crippen LogP contribution in [0.3, 0.4) is 0 Å². The van der Waals surface area contributed by atoms with Gasteiger partial charge in [0.15, 0.2) is 0 Å². The van der Waals surface area contributed by atoms with Crippen molar-refractivity contribution >= 4 is 21.6 Å². The monoisotopic (exact) mass is 323 g/mol. The molecule has 0 unspecified atom stereocenters. The molecule has 114 valence electrons. The standard InChI is InChI=1S/C12H18ClNO5S/c1-17-6-4-5-14-20(15,16)12-8-10(18-2)9(13)7-11(12)19-3/h7-8,14H,4-6H2,1-3H3. The summed E-state index contributed by atoms with van der Waals surface area (Å²) in [6.45, 7) is 0.744. The van der Waals surface area contributed by atoms with Crippen LogP contribution < -0.4 is 14.2 Å². The summed E-state index contributed by atoms with van der Waals surface area (Å²) in [6.07, 6.45) is 0.572. The Hall–Kier alpha value is -1.02. The Morgan fingerprint density at radius 3 is 2.35 bits per heavy atom. The number of ether oxygens (including phenoxy) is 3. The van der Waals surface area contributed by atoms with E-state index in [0.29, 0.717) is 13.0 Å². The van der Waals surface area contributed by atoms with Gasteiger partial charge < -0.3 is 14.2 Å². The van der Waals surface area contributed by atoms with Crippen molar-refractivity contribution in [1.29, 1.82) is 0 Å². The van der Waals surface area contributed by atoms with Gasteiger partial charge in [-0.05, 0) is 6.42 Å². The van der Waals surface area contributed by atoms with E-state index in [1.807, 2.05) is 0 Å². The molecule has 1 N–H and O–H groups in total. The molecule has 1 aromatic carbocycles. The predicted molar refractivity (Wildman–Crippen MR) is 76.2 cm³/mol. The summed E-state index contributed by atoms with van der Waals surface area (Å²) >= 11 is 5.94. The first-order chi connectivity index (χ1) is 9.46. The van der Waals surface area contributed by atoms with E-state index < -0.39 is 10.0 Å². The van der Waals surface area contributed by atoms with Gasteiger partial charge in [-0.3, -0.25) is 0 Å². The number of halogens is 1. The fraction of sp³-hybridized carbons (Fsp3) is 0.500. The SMILES string of the molecule is COCCCNS(=O)(=O)c1cc(OC)c(Cl)cc1OC. The first kappa shape index (κ1) is 17.0. The molecule has 0 aliphatic rings. The van der Waals surface area contributed by atoms with Crippen molar-refractivity contribution in [2.24, 2.45) is 0 Å². The van der Waals surface area contributed by atoms with E-state index in [1.165, 1.54) is 26.4 Å². The fourth-order valence-corrected chi connectivity index (χ4v) is 3.01. The van der Waals surface area contributed by atoms with E-state index in [0.717, 1.165) is 0 Å². The van der Waals surface area contributed by atoms with Crippen molar-refractivity contribution in [3.8, 4) is 11.5 Å². The average molecular weight is 324 g/mol. The van der Waals surface area contributed by atoms with E-state index in [4.69, 9.17) is 25.8 Å². The lowest BCUT2D eigenvalue weighted by Gasteiger charge is -2.13. The summed E-state index contributed by atoms with van der Waals surface area (Å²) in [5.74, 6) is 0.430. The molecular weight excluding hydrogens is 306 g/mol. The van der Waals surface area contributed by atoms with Gasteiger partial charge in [0.05, 0.1) is 19.2 Å². The zero-order valence-electron chi connectivity index (χ0n) is 11.6. The van der Waals surface area contributed by atoms with Crippen LogP contribution in [-0.2, 0) is 14.8 Å². The number of sulfonamides is 1. The summed E-state index contributed by atoms with van der Waals surface area (Å²) in [5.41, 5.74) is 0. The Kier molecular flexibility index (Phi) is 6.54. The maximum Gasteiger partial charge on any atom is 0.244 e. The van der Waals surface area contributed by atoms with Gasteiger partial charge >= 0.3 is 0 Å². The Labute approximate surface area is 124 Å². The second-order valence-electron chi connectivity index (χ2n) is 3.88. The smallest absolute Gasteiger partial charge is 0.244 e. The highest BCUT2D eigenvalue weighted by molar-refractivity contribution is 7.89. The van der Waals surface area contributed by atoms with Crippen LogP contribution in [0.5, 0.6) is 11.5 Å². The third-order valence-corrected chi connectivity index (χ3v) is 4.32. The quantitative estimate of drug-likeness (QED) is 0.737. The van der Waals surface area contributed by atoms with Gasteiger partial charge in [0.2, 0.25) is 10.0 Å². The number of hydrogen-bond acceptors (Lipinski definition) is 5. The van der Waals surface area contributed by atoms with Crippen molar-refractivity contribution in [2.45, 2.75) is 11.3 Å². The number of hydrogen-bond donors (Lipinski definition) is 1. The van der Waals surface area contributed by atoms with Crippen LogP contribution in [0.4, 0.5) is 0 Å². The lowest BCUT2D eigenvalue weighted by atomic mass is 10.3.